The van der Waals surface area contributed by atoms with Crippen LogP contribution in [0.15, 0.2) is 42.7 Å². The molecule has 24 heavy (non-hydrogen) atoms. The van der Waals surface area contributed by atoms with Crippen LogP contribution in [0.4, 0.5) is 0 Å². The largest absolute Gasteiger partial charge is 0.338 e. The van der Waals surface area contributed by atoms with E-state index < -0.39 is 0 Å². The molecule has 6 nitrogen and oxygen atoms in total. The zero-order valence-electron chi connectivity index (χ0n) is 13.0. The monoisotopic (exact) mass is 341 g/mol. The number of carbonyl (C=O) groups excluding carboxylic acids is 1. The maximum Gasteiger partial charge on any atom is 0.257 e. The predicted molar refractivity (Wildman–Crippen MR) is 90.1 cm³/mol. The number of fused-ring (bicyclic) bond motifs is 1. The van der Waals surface area contributed by atoms with Crippen molar-refractivity contribution in [3.05, 3.63) is 59.3 Å². The molecule has 0 spiro atoms. The van der Waals surface area contributed by atoms with Gasteiger partial charge in [0.2, 0.25) is 0 Å². The zero-order valence-corrected chi connectivity index (χ0v) is 13.7. The van der Waals surface area contributed by atoms with Gasteiger partial charge in [0, 0.05) is 31.4 Å². The van der Waals surface area contributed by atoms with Crippen LogP contribution in [0, 0.1) is 0 Å². The Morgan fingerprint density at radius 1 is 1.21 bits per heavy atom. The van der Waals surface area contributed by atoms with Gasteiger partial charge in [-0.3, -0.25) is 9.20 Å². The average molecular weight is 342 g/mol. The third-order valence-electron chi connectivity index (χ3n) is 4.40. The van der Waals surface area contributed by atoms with Gasteiger partial charge in [-0.15, -0.1) is 10.2 Å². The highest BCUT2D eigenvalue weighted by molar-refractivity contribution is 6.32. The fourth-order valence-electron chi connectivity index (χ4n) is 3.23. The summed E-state index contributed by atoms with van der Waals surface area (Å²) in [7, 11) is 0. The second kappa shape index (κ2) is 6.20. The van der Waals surface area contributed by atoms with Gasteiger partial charge in [0.25, 0.3) is 5.91 Å². The first-order valence-electron chi connectivity index (χ1n) is 7.93. The van der Waals surface area contributed by atoms with E-state index in [0.717, 1.165) is 30.9 Å². The van der Waals surface area contributed by atoms with Crippen LogP contribution in [0.2, 0.25) is 5.15 Å². The molecule has 4 rings (SSSR count). The molecule has 1 amide bonds. The van der Waals surface area contributed by atoms with Gasteiger partial charge in [-0.25, -0.2) is 4.98 Å². The number of likely N-dealkylation sites (tertiary alicyclic amines) is 1. The van der Waals surface area contributed by atoms with Crippen molar-refractivity contribution >= 4 is 23.2 Å². The molecule has 1 aliphatic heterocycles. The van der Waals surface area contributed by atoms with E-state index in [4.69, 9.17) is 11.6 Å². The van der Waals surface area contributed by atoms with Crippen molar-refractivity contribution in [3.8, 4) is 0 Å². The van der Waals surface area contributed by atoms with E-state index in [0.29, 0.717) is 12.1 Å². The summed E-state index contributed by atoms with van der Waals surface area (Å²) < 4.78 is 2.00. The molecule has 0 aromatic carbocycles. The smallest absolute Gasteiger partial charge is 0.257 e. The van der Waals surface area contributed by atoms with Crippen molar-refractivity contribution in [3.63, 3.8) is 0 Å². The molecule has 7 heteroatoms. The molecule has 0 radical (unpaired) electrons. The summed E-state index contributed by atoms with van der Waals surface area (Å²) in [5.74, 6) is 0.988. The Bertz CT molecular complexity index is 893. The van der Waals surface area contributed by atoms with Crippen LogP contribution in [0.1, 0.15) is 34.9 Å². The average Bonchev–Trinajstić information content (AvgIpc) is 3.06. The van der Waals surface area contributed by atoms with Crippen molar-refractivity contribution in [2.75, 3.05) is 13.1 Å². The number of rotatable bonds is 2. The van der Waals surface area contributed by atoms with Crippen LogP contribution in [0.3, 0.4) is 0 Å². The summed E-state index contributed by atoms with van der Waals surface area (Å²) in [5.41, 5.74) is 1.28. The number of hydrogen-bond acceptors (Lipinski definition) is 4. The van der Waals surface area contributed by atoms with E-state index in [-0.39, 0.29) is 17.0 Å². The highest BCUT2D eigenvalue weighted by Gasteiger charge is 2.29. The lowest BCUT2D eigenvalue weighted by Crippen LogP contribution is -2.39. The Balaban J connectivity index is 1.60. The Morgan fingerprint density at radius 3 is 3.00 bits per heavy atom. The normalized spacial score (nSPS) is 18.0. The van der Waals surface area contributed by atoms with Crippen LogP contribution in [-0.4, -0.2) is 43.5 Å². The van der Waals surface area contributed by atoms with Gasteiger partial charge in [0.15, 0.2) is 5.65 Å². The molecule has 0 aliphatic carbocycles. The van der Waals surface area contributed by atoms with E-state index >= 15 is 0 Å². The summed E-state index contributed by atoms with van der Waals surface area (Å²) in [6.45, 7) is 1.33. The number of aromatic nitrogens is 4. The Morgan fingerprint density at radius 2 is 2.12 bits per heavy atom. The van der Waals surface area contributed by atoms with Crippen molar-refractivity contribution in [2.24, 2.45) is 0 Å². The molecule has 0 saturated carbocycles. The minimum Gasteiger partial charge on any atom is -0.338 e. The highest BCUT2D eigenvalue weighted by atomic mass is 35.5. The molecule has 1 atom stereocenters. The summed E-state index contributed by atoms with van der Waals surface area (Å²) in [4.78, 5) is 18.6. The van der Waals surface area contributed by atoms with E-state index in [2.05, 4.69) is 15.2 Å². The van der Waals surface area contributed by atoms with Crippen molar-refractivity contribution in [1.29, 1.82) is 0 Å². The number of halogens is 1. The molecule has 4 heterocycles. The number of pyridine rings is 2. The number of carbonyl (C=O) groups is 1. The second-order valence-electron chi connectivity index (χ2n) is 5.92. The molecule has 1 aliphatic rings. The molecular weight excluding hydrogens is 326 g/mol. The highest BCUT2D eigenvalue weighted by Crippen LogP contribution is 2.27. The minimum absolute atomic E-state index is 0.0772. The van der Waals surface area contributed by atoms with E-state index in [1.807, 2.05) is 33.7 Å². The van der Waals surface area contributed by atoms with Crippen LogP contribution >= 0.6 is 11.6 Å². The lowest BCUT2D eigenvalue weighted by Gasteiger charge is -2.32. The van der Waals surface area contributed by atoms with Crippen LogP contribution in [0.25, 0.3) is 5.65 Å². The fraction of sp³-hybridized carbons (Fsp3) is 0.294. The summed E-state index contributed by atoms with van der Waals surface area (Å²) in [6, 6.07) is 9.27. The molecule has 1 fully saturated rings. The molecule has 0 N–H and O–H groups in total. The van der Waals surface area contributed by atoms with Gasteiger partial charge in [-0.05, 0) is 37.1 Å². The quantitative estimate of drug-likeness (QED) is 0.672. The predicted octanol–water partition coefficient (Wildman–Crippen LogP) is 2.80. The van der Waals surface area contributed by atoms with Gasteiger partial charge >= 0.3 is 0 Å². The molecule has 122 valence electrons. The van der Waals surface area contributed by atoms with Crippen LogP contribution in [0.5, 0.6) is 0 Å². The summed E-state index contributed by atoms with van der Waals surface area (Å²) in [6.07, 6.45) is 5.46. The van der Waals surface area contributed by atoms with Gasteiger partial charge in [-0.2, -0.15) is 0 Å². The number of nitrogens with zero attached hydrogens (tertiary/aromatic N) is 5. The van der Waals surface area contributed by atoms with Crippen LogP contribution < -0.4 is 0 Å². The summed E-state index contributed by atoms with van der Waals surface area (Å²) >= 11 is 6.07. The van der Waals surface area contributed by atoms with E-state index in [9.17, 15) is 4.79 Å². The molecule has 0 unspecified atom stereocenters. The number of amides is 1. The molecular formula is C17H16ClN5O. The number of piperidine rings is 1. The maximum absolute atomic E-state index is 12.8. The lowest BCUT2D eigenvalue weighted by molar-refractivity contribution is 0.0704. The van der Waals surface area contributed by atoms with Crippen molar-refractivity contribution in [1.82, 2.24) is 24.5 Å². The minimum atomic E-state index is -0.0772. The first-order chi connectivity index (χ1) is 11.7. The Hall–Kier alpha value is -2.47. The van der Waals surface area contributed by atoms with Gasteiger partial charge < -0.3 is 4.90 Å². The van der Waals surface area contributed by atoms with E-state index in [1.165, 1.54) is 0 Å². The first-order valence-corrected chi connectivity index (χ1v) is 8.31. The van der Waals surface area contributed by atoms with Crippen molar-refractivity contribution < 1.29 is 4.79 Å². The fourth-order valence-corrected chi connectivity index (χ4v) is 3.43. The van der Waals surface area contributed by atoms with Crippen LogP contribution in [-0.2, 0) is 0 Å². The molecule has 3 aromatic rings. The van der Waals surface area contributed by atoms with E-state index in [1.54, 1.807) is 18.3 Å². The third kappa shape index (κ3) is 2.63. The number of hydrogen-bond donors (Lipinski definition) is 0. The molecule has 0 bridgehead atoms. The second-order valence-corrected chi connectivity index (χ2v) is 6.28. The standard InChI is InChI=1S/C17H16ClN5O/c18-15-13(6-3-8-19-15)17(24)22-9-4-5-12(11-22)16-21-20-14-7-1-2-10-23(14)16/h1-3,6-8,10,12H,4-5,9,11H2/t12-/m0/s1. The molecule has 1 saturated heterocycles. The topological polar surface area (TPSA) is 63.4 Å². The Kier molecular flexibility index (Phi) is 3.90. The lowest BCUT2D eigenvalue weighted by atomic mass is 9.96. The molecule has 3 aromatic heterocycles. The van der Waals surface area contributed by atoms with Gasteiger partial charge in [-0.1, -0.05) is 17.7 Å². The SMILES string of the molecule is O=C(c1cccnc1Cl)N1CCC[C@H](c2nnc3ccccn23)C1. The zero-order chi connectivity index (χ0) is 16.5. The van der Waals surface area contributed by atoms with Crippen molar-refractivity contribution in [2.45, 2.75) is 18.8 Å². The third-order valence-corrected chi connectivity index (χ3v) is 4.70. The first kappa shape index (κ1) is 15.1. The van der Waals surface area contributed by atoms with Gasteiger partial charge in [0.1, 0.15) is 11.0 Å². The maximum atomic E-state index is 12.8. The Labute approximate surface area is 144 Å². The van der Waals surface area contributed by atoms with Gasteiger partial charge in [0.05, 0.1) is 5.56 Å². The summed E-state index contributed by atoms with van der Waals surface area (Å²) in [5, 5.41) is 8.80.